The molecule has 0 atom stereocenters. The van der Waals surface area contributed by atoms with Crippen molar-refractivity contribution < 1.29 is 5.11 Å². The van der Waals surface area contributed by atoms with Crippen LogP contribution in [0.15, 0.2) is 12.1 Å². The summed E-state index contributed by atoms with van der Waals surface area (Å²) in [7, 11) is 0. The van der Waals surface area contributed by atoms with E-state index in [1.165, 1.54) is 31.2 Å². The molecule has 2 rings (SSSR count). The maximum Gasteiger partial charge on any atom is 0.138 e. The molecular weight excluding hydrogens is 198 g/mol. The molecule has 88 valence electrons. The van der Waals surface area contributed by atoms with E-state index in [4.69, 9.17) is 5.73 Å². The van der Waals surface area contributed by atoms with E-state index in [0.717, 1.165) is 11.5 Å². The third-order valence-corrected chi connectivity index (χ3v) is 3.99. The smallest absolute Gasteiger partial charge is 0.138 e. The van der Waals surface area contributed by atoms with E-state index in [1.54, 1.807) is 6.07 Å². The van der Waals surface area contributed by atoms with Gasteiger partial charge in [0.15, 0.2) is 0 Å². The molecule has 16 heavy (non-hydrogen) atoms. The van der Waals surface area contributed by atoms with Crippen LogP contribution in [0.5, 0.6) is 5.75 Å². The first-order valence-corrected chi connectivity index (χ1v) is 6.17. The van der Waals surface area contributed by atoms with Crippen molar-refractivity contribution >= 4 is 5.69 Å². The van der Waals surface area contributed by atoms with Gasteiger partial charge in [-0.25, -0.2) is 0 Å². The predicted octanol–water partition coefficient (Wildman–Crippen LogP) is 3.58. The number of hydrogen-bond donors (Lipinski definition) is 2. The summed E-state index contributed by atoms with van der Waals surface area (Å²) in [6.45, 7) is 4.34. The van der Waals surface area contributed by atoms with Gasteiger partial charge in [0.1, 0.15) is 5.75 Å². The van der Waals surface area contributed by atoms with Crippen LogP contribution in [0.25, 0.3) is 0 Å². The fourth-order valence-corrected chi connectivity index (χ4v) is 2.74. The molecule has 1 aliphatic carbocycles. The second-order valence-electron chi connectivity index (χ2n) is 5.17. The van der Waals surface area contributed by atoms with Crippen molar-refractivity contribution in [3.63, 3.8) is 0 Å². The molecule has 0 heterocycles. The Kier molecular flexibility index (Phi) is 3.08. The first-order chi connectivity index (χ1) is 7.59. The zero-order valence-electron chi connectivity index (χ0n) is 10.2. The van der Waals surface area contributed by atoms with Crippen LogP contribution in [-0.4, -0.2) is 5.11 Å². The topological polar surface area (TPSA) is 46.2 Å². The Morgan fingerprint density at radius 3 is 2.44 bits per heavy atom. The first-order valence-electron chi connectivity index (χ1n) is 6.17. The van der Waals surface area contributed by atoms with Crippen molar-refractivity contribution in [3.05, 3.63) is 23.3 Å². The maximum absolute atomic E-state index is 9.54. The number of phenols is 1. The Hall–Kier alpha value is -1.18. The van der Waals surface area contributed by atoms with Gasteiger partial charge >= 0.3 is 0 Å². The SMILES string of the molecule is Cc1c(C2CCC(C)CC2)ccc(O)c1N. The highest BCUT2D eigenvalue weighted by Gasteiger charge is 2.22. The Morgan fingerprint density at radius 1 is 1.19 bits per heavy atom. The largest absolute Gasteiger partial charge is 0.506 e. The summed E-state index contributed by atoms with van der Waals surface area (Å²) in [6, 6.07) is 3.78. The number of rotatable bonds is 1. The Labute approximate surface area is 97.5 Å². The second-order valence-corrected chi connectivity index (χ2v) is 5.17. The zero-order valence-corrected chi connectivity index (χ0v) is 10.2. The molecule has 2 nitrogen and oxygen atoms in total. The van der Waals surface area contributed by atoms with Crippen LogP contribution in [-0.2, 0) is 0 Å². The van der Waals surface area contributed by atoms with Gasteiger partial charge in [0.05, 0.1) is 5.69 Å². The number of nitrogens with two attached hydrogens (primary N) is 1. The molecule has 0 unspecified atom stereocenters. The lowest BCUT2D eigenvalue weighted by molar-refractivity contribution is 0.347. The molecular formula is C14H21NO. The standard InChI is InChI=1S/C14H21NO/c1-9-3-5-11(6-4-9)12-7-8-13(16)14(15)10(12)2/h7-9,11,16H,3-6,15H2,1-2H3. The molecule has 1 aromatic carbocycles. The number of benzene rings is 1. The molecule has 0 aliphatic heterocycles. The van der Waals surface area contributed by atoms with Crippen molar-refractivity contribution in [3.8, 4) is 5.75 Å². The van der Waals surface area contributed by atoms with E-state index in [-0.39, 0.29) is 5.75 Å². The molecule has 0 amide bonds. The first kappa shape index (κ1) is 11.3. The second kappa shape index (κ2) is 4.36. The summed E-state index contributed by atoms with van der Waals surface area (Å²) in [4.78, 5) is 0. The quantitative estimate of drug-likeness (QED) is 0.560. The Bertz CT molecular complexity index is 379. The van der Waals surface area contributed by atoms with E-state index < -0.39 is 0 Å². The van der Waals surface area contributed by atoms with Gasteiger partial charge in [0, 0.05) is 0 Å². The minimum absolute atomic E-state index is 0.213. The highest BCUT2D eigenvalue weighted by atomic mass is 16.3. The van der Waals surface area contributed by atoms with Crippen molar-refractivity contribution in [1.29, 1.82) is 0 Å². The van der Waals surface area contributed by atoms with Crippen molar-refractivity contribution in [2.24, 2.45) is 5.92 Å². The molecule has 0 saturated heterocycles. The van der Waals surface area contributed by atoms with Gasteiger partial charge in [-0.05, 0) is 48.8 Å². The van der Waals surface area contributed by atoms with Gasteiger partial charge in [-0.2, -0.15) is 0 Å². The molecule has 1 aromatic rings. The highest BCUT2D eigenvalue weighted by Crippen LogP contribution is 2.39. The normalized spacial score (nSPS) is 25.6. The van der Waals surface area contributed by atoms with Crippen LogP contribution >= 0.6 is 0 Å². The van der Waals surface area contributed by atoms with Gasteiger partial charge < -0.3 is 10.8 Å². The van der Waals surface area contributed by atoms with Crippen LogP contribution in [0.2, 0.25) is 0 Å². The Morgan fingerprint density at radius 2 is 1.81 bits per heavy atom. The van der Waals surface area contributed by atoms with Crippen LogP contribution in [0, 0.1) is 12.8 Å². The zero-order chi connectivity index (χ0) is 11.7. The number of nitrogen functional groups attached to an aromatic ring is 1. The van der Waals surface area contributed by atoms with E-state index in [2.05, 4.69) is 6.92 Å². The summed E-state index contributed by atoms with van der Waals surface area (Å²) >= 11 is 0. The van der Waals surface area contributed by atoms with E-state index in [9.17, 15) is 5.11 Å². The molecule has 0 radical (unpaired) electrons. The molecule has 1 fully saturated rings. The third-order valence-electron chi connectivity index (χ3n) is 3.99. The molecule has 1 saturated carbocycles. The summed E-state index contributed by atoms with van der Waals surface area (Å²) < 4.78 is 0. The van der Waals surface area contributed by atoms with E-state index in [1.807, 2.05) is 13.0 Å². The molecule has 0 spiro atoms. The van der Waals surface area contributed by atoms with Crippen LogP contribution in [0.3, 0.4) is 0 Å². The fraction of sp³-hybridized carbons (Fsp3) is 0.571. The maximum atomic E-state index is 9.54. The lowest BCUT2D eigenvalue weighted by atomic mass is 9.78. The van der Waals surface area contributed by atoms with Gasteiger partial charge in [-0.3, -0.25) is 0 Å². The molecule has 2 heteroatoms. The van der Waals surface area contributed by atoms with Gasteiger partial charge in [-0.15, -0.1) is 0 Å². The molecule has 3 N–H and O–H groups in total. The molecule has 0 bridgehead atoms. The predicted molar refractivity (Wildman–Crippen MR) is 67.6 cm³/mol. The lowest BCUT2D eigenvalue weighted by Crippen LogP contribution is -2.12. The van der Waals surface area contributed by atoms with Gasteiger partial charge in [0.25, 0.3) is 0 Å². The van der Waals surface area contributed by atoms with Crippen LogP contribution < -0.4 is 5.73 Å². The summed E-state index contributed by atoms with van der Waals surface area (Å²) in [5.74, 6) is 1.72. The monoisotopic (exact) mass is 219 g/mol. The lowest BCUT2D eigenvalue weighted by Gasteiger charge is -2.28. The molecule has 0 aromatic heterocycles. The summed E-state index contributed by atoms with van der Waals surface area (Å²) in [6.07, 6.45) is 5.13. The average Bonchev–Trinajstić information content (AvgIpc) is 2.28. The minimum atomic E-state index is 0.213. The highest BCUT2D eigenvalue weighted by molar-refractivity contribution is 5.60. The van der Waals surface area contributed by atoms with Gasteiger partial charge in [0.2, 0.25) is 0 Å². The number of anilines is 1. The minimum Gasteiger partial charge on any atom is -0.506 e. The fourth-order valence-electron chi connectivity index (χ4n) is 2.74. The third kappa shape index (κ3) is 2.01. The van der Waals surface area contributed by atoms with Crippen molar-refractivity contribution in [2.45, 2.75) is 45.4 Å². The van der Waals surface area contributed by atoms with Crippen LogP contribution in [0.4, 0.5) is 5.69 Å². The number of phenolic OH excluding ortho intramolecular Hbond substituents is 1. The van der Waals surface area contributed by atoms with Crippen molar-refractivity contribution in [1.82, 2.24) is 0 Å². The molecule has 1 aliphatic rings. The number of aromatic hydroxyl groups is 1. The summed E-state index contributed by atoms with van der Waals surface area (Å²) in [5, 5.41) is 9.54. The van der Waals surface area contributed by atoms with Crippen molar-refractivity contribution in [2.75, 3.05) is 5.73 Å². The van der Waals surface area contributed by atoms with E-state index in [0.29, 0.717) is 11.6 Å². The summed E-state index contributed by atoms with van der Waals surface area (Å²) in [5.41, 5.74) is 8.82. The van der Waals surface area contributed by atoms with Crippen LogP contribution in [0.1, 0.15) is 49.7 Å². The van der Waals surface area contributed by atoms with E-state index >= 15 is 0 Å². The average molecular weight is 219 g/mol. The number of hydrogen-bond acceptors (Lipinski definition) is 2. The van der Waals surface area contributed by atoms with Gasteiger partial charge in [-0.1, -0.05) is 25.8 Å². The Balaban J connectivity index is 2.24.